The van der Waals surface area contributed by atoms with Crippen molar-refractivity contribution in [2.24, 2.45) is 0 Å². The molecule has 0 amide bonds. The molecule has 1 aliphatic heterocycles. The van der Waals surface area contributed by atoms with Crippen molar-refractivity contribution in [2.45, 2.75) is 69.9 Å². The maximum absolute atomic E-state index is 5.61. The van der Waals surface area contributed by atoms with Gasteiger partial charge in [-0.2, -0.15) is 0 Å². The molecule has 0 spiro atoms. The number of thiocarbonyl (C=S) groups is 1. The number of hydrogen-bond donors (Lipinski definition) is 2. The molecule has 2 N–H and O–H groups in total. The van der Waals surface area contributed by atoms with Crippen molar-refractivity contribution in [3.05, 3.63) is 23.8 Å². The summed E-state index contributed by atoms with van der Waals surface area (Å²) in [5, 5.41) is 7.76. The molecule has 1 heterocycles. The Kier molecular flexibility index (Phi) is 7.63. The lowest BCUT2D eigenvalue weighted by atomic mass is 9.65. The van der Waals surface area contributed by atoms with Crippen molar-refractivity contribution in [3.8, 4) is 11.5 Å². The van der Waals surface area contributed by atoms with Crippen LogP contribution in [0.15, 0.2) is 18.2 Å². The Morgan fingerprint density at radius 2 is 2.00 bits per heavy atom. The minimum absolute atomic E-state index is 0.186. The van der Waals surface area contributed by atoms with E-state index in [-0.39, 0.29) is 5.41 Å². The van der Waals surface area contributed by atoms with Crippen LogP contribution in [0.25, 0.3) is 0 Å². The van der Waals surface area contributed by atoms with Crippen molar-refractivity contribution in [2.75, 3.05) is 33.9 Å². The second-order valence-electron chi connectivity index (χ2n) is 8.35. The molecule has 6 heteroatoms. The molecular weight excluding hydrogens is 382 g/mol. The lowest BCUT2D eigenvalue weighted by molar-refractivity contribution is 0.144. The number of methoxy groups -OCH3 is 2. The van der Waals surface area contributed by atoms with Gasteiger partial charge in [0.1, 0.15) is 0 Å². The van der Waals surface area contributed by atoms with Crippen molar-refractivity contribution in [3.63, 3.8) is 0 Å². The van der Waals surface area contributed by atoms with Crippen LogP contribution in [0, 0.1) is 0 Å². The zero-order valence-corrected chi connectivity index (χ0v) is 19.2. The van der Waals surface area contributed by atoms with Gasteiger partial charge in [-0.3, -0.25) is 4.90 Å². The molecule has 3 rings (SSSR count). The highest BCUT2D eigenvalue weighted by Gasteiger charge is 2.51. The molecular formula is C23H37N3O2S. The Morgan fingerprint density at radius 1 is 1.21 bits per heavy atom. The minimum atomic E-state index is 0.186. The molecule has 0 unspecified atom stereocenters. The Morgan fingerprint density at radius 3 is 2.69 bits per heavy atom. The fourth-order valence-corrected chi connectivity index (χ4v) is 5.52. The molecule has 0 bridgehead atoms. The summed E-state index contributed by atoms with van der Waals surface area (Å²) in [4.78, 5) is 2.65. The van der Waals surface area contributed by atoms with Crippen LogP contribution in [-0.4, -0.2) is 55.9 Å². The Balaban J connectivity index is 1.77. The smallest absolute Gasteiger partial charge is 0.166 e. The van der Waals surface area contributed by atoms with E-state index in [0.29, 0.717) is 12.1 Å². The van der Waals surface area contributed by atoms with E-state index in [2.05, 4.69) is 47.6 Å². The van der Waals surface area contributed by atoms with E-state index in [1.165, 1.54) is 24.8 Å². The third kappa shape index (κ3) is 4.64. The van der Waals surface area contributed by atoms with Crippen molar-refractivity contribution in [1.82, 2.24) is 15.5 Å². The van der Waals surface area contributed by atoms with Gasteiger partial charge in [0.05, 0.1) is 14.2 Å². The molecule has 2 aliphatic rings. The monoisotopic (exact) mass is 419 g/mol. The Bertz CT molecular complexity index is 699. The van der Waals surface area contributed by atoms with Crippen LogP contribution in [0.3, 0.4) is 0 Å². The van der Waals surface area contributed by atoms with E-state index in [4.69, 9.17) is 21.7 Å². The standard InChI is InChI=1S/C23H37N3O2S/c1-5-7-13-24-22(29)25-18-10-11-23(12-14-26(6-2)21(23)16-18)17-8-9-19(27-3)20(15-17)28-4/h8-9,15,18,21H,5-7,10-14,16H2,1-4H3,(H2,24,25,29)/t18-,21+,23-/m0/s1. The lowest BCUT2D eigenvalue weighted by Crippen LogP contribution is -2.53. The Labute approximate surface area is 181 Å². The first-order valence-electron chi connectivity index (χ1n) is 11.1. The second kappa shape index (κ2) is 9.98. The molecule has 5 nitrogen and oxygen atoms in total. The maximum atomic E-state index is 5.61. The molecule has 1 aromatic carbocycles. The van der Waals surface area contributed by atoms with Gasteiger partial charge in [0.15, 0.2) is 16.6 Å². The third-order valence-corrected chi connectivity index (χ3v) is 7.15. The molecule has 1 saturated heterocycles. The number of unbranched alkanes of at least 4 members (excludes halogenated alkanes) is 1. The first kappa shape index (κ1) is 22.2. The van der Waals surface area contributed by atoms with Crippen LogP contribution >= 0.6 is 12.2 Å². The van der Waals surface area contributed by atoms with Gasteiger partial charge >= 0.3 is 0 Å². The van der Waals surface area contributed by atoms with E-state index >= 15 is 0 Å². The maximum Gasteiger partial charge on any atom is 0.166 e. The molecule has 1 aliphatic carbocycles. The van der Waals surface area contributed by atoms with Crippen molar-refractivity contribution < 1.29 is 9.47 Å². The van der Waals surface area contributed by atoms with Crippen LogP contribution in [-0.2, 0) is 5.41 Å². The fourth-order valence-electron chi connectivity index (χ4n) is 5.25. The van der Waals surface area contributed by atoms with Gasteiger partial charge in [-0.25, -0.2) is 0 Å². The normalized spacial score (nSPS) is 26.6. The summed E-state index contributed by atoms with van der Waals surface area (Å²) < 4.78 is 11.1. The van der Waals surface area contributed by atoms with E-state index < -0.39 is 0 Å². The summed E-state index contributed by atoms with van der Waals surface area (Å²) in [6.45, 7) is 7.67. The van der Waals surface area contributed by atoms with E-state index in [0.717, 1.165) is 55.5 Å². The summed E-state index contributed by atoms with van der Waals surface area (Å²) in [5.74, 6) is 1.63. The molecule has 1 saturated carbocycles. The van der Waals surface area contributed by atoms with Crippen LogP contribution in [0.5, 0.6) is 11.5 Å². The van der Waals surface area contributed by atoms with Crippen molar-refractivity contribution >= 4 is 17.3 Å². The summed E-state index contributed by atoms with van der Waals surface area (Å²) in [6.07, 6.45) is 6.96. The highest BCUT2D eigenvalue weighted by molar-refractivity contribution is 7.80. The van der Waals surface area contributed by atoms with Crippen LogP contribution < -0.4 is 20.1 Å². The number of nitrogens with one attached hydrogen (secondary N) is 2. The first-order chi connectivity index (χ1) is 14.1. The SMILES string of the molecule is CCCCNC(=S)N[C@H]1CC[C@@]2(c3ccc(OC)c(OC)c3)CCN(CC)[C@@H]2C1. The van der Waals surface area contributed by atoms with E-state index in [1.807, 2.05) is 0 Å². The molecule has 0 aromatic heterocycles. The first-order valence-corrected chi connectivity index (χ1v) is 11.5. The quantitative estimate of drug-likeness (QED) is 0.493. The summed E-state index contributed by atoms with van der Waals surface area (Å²) in [7, 11) is 3.42. The molecule has 29 heavy (non-hydrogen) atoms. The van der Waals surface area contributed by atoms with Gasteiger partial charge in [0.2, 0.25) is 0 Å². The topological polar surface area (TPSA) is 45.8 Å². The number of likely N-dealkylation sites (N-methyl/N-ethyl adjacent to an activating group) is 1. The van der Waals surface area contributed by atoms with Gasteiger partial charge in [0, 0.05) is 24.0 Å². The minimum Gasteiger partial charge on any atom is -0.493 e. The average molecular weight is 420 g/mol. The number of nitrogens with zero attached hydrogens (tertiary/aromatic N) is 1. The van der Waals surface area contributed by atoms with Crippen LogP contribution in [0.2, 0.25) is 0 Å². The van der Waals surface area contributed by atoms with Gasteiger partial charge in [-0.15, -0.1) is 0 Å². The van der Waals surface area contributed by atoms with E-state index in [1.54, 1.807) is 14.2 Å². The predicted octanol–water partition coefficient (Wildman–Crippen LogP) is 3.85. The molecule has 3 atom stereocenters. The van der Waals surface area contributed by atoms with E-state index in [9.17, 15) is 0 Å². The number of ether oxygens (including phenoxy) is 2. The third-order valence-electron chi connectivity index (χ3n) is 6.89. The molecule has 1 aromatic rings. The molecule has 2 fully saturated rings. The van der Waals surface area contributed by atoms with Crippen LogP contribution in [0.1, 0.15) is 57.9 Å². The predicted molar refractivity (Wildman–Crippen MR) is 123 cm³/mol. The number of likely N-dealkylation sites (tertiary alicyclic amines) is 1. The molecule has 0 radical (unpaired) electrons. The van der Waals surface area contributed by atoms with Gasteiger partial charge in [-0.05, 0) is 75.1 Å². The second-order valence-corrected chi connectivity index (χ2v) is 8.75. The lowest BCUT2D eigenvalue weighted by Gasteiger charge is -2.45. The number of rotatable bonds is 8. The Hall–Kier alpha value is -1.53. The number of fused-ring (bicyclic) bond motifs is 1. The summed E-state index contributed by atoms with van der Waals surface area (Å²) in [5.41, 5.74) is 1.57. The highest BCUT2D eigenvalue weighted by Crippen LogP contribution is 2.50. The van der Waals surface area contributed by atoms with Gasteiger partial charge < -0.3 is 20.1 Å². The summed E-state index contributed by atoms with van der Waals surface area (Å²) in [6, 6.07) is 7.47. The highest BCUT2D eigenvalue weighted by atomic mass is 32.1. The zero-order valence-electron chi connectivity index (χ0n) is 18.4. The molecule has 162 valence electrons. The van der Waals surface area contributed by atoms with Gasteiger partial charge in [-0.1, -0.05) is 26.3 Å². The fraction of sp³-hybridized carbons (Fsp3) is 0.696. The zero-order chi connectivity index (χ0) is 20.9. The van der Waals surface area contributed by atoms with Crippen molar-refractivity contribution in [1.29, 1.82) is 0 Å². The average Bonchev–Trinajstić information content (AvgIpc) is 3.12. The van der Waals surface area contributed by atoms with Crippen LogP contribution in [0.4, 0.5) is 0 Å². The van der Waals surface area contributed by atoms with Gasteiger partial charge in [0.25, 0.3) is 0 Å². The summed E-state index contributed by atoms with van der Waals surface area (Å²) >= 11 is 5.54. The number of benzene rings is 1. The largest absolute Gasteiger partial charge is 0.493 e. The number of hydrogen-bond acceptors (Lipinski definition) is 4.